The van der Waals surface area contributed by atoms with Crippen molar-refractivity contribution in [1.29, 1.82) is 0 Å². The number of nitrogens with zero attached hydrogens (tertiary/aromatic N) is 2. The van der Waals surface area contributed by atoms with Crippen molar-refractivity contribution in [2.45, 2.75) is 40.0 Å². The Morgan fingerprint density at radius 1 is 1.26 bits per heavy atom. The number of anilines is 1. The highest BCUT2D eigenvalue weighted by Gasteiger charge is 2.21. The highest BCUT2D eigenvalue weighted by Crippen LogP contribution is 2.29. The van der Waals surface area contributed by atoms with Crippen LogP contribution in [0, 0.1) is 6.92 Å². The summed E-state index contributed by atoms with van der Waals surface area (Å²) < 4.78 is 5.17. The van der Waals surface area contributed by atoms with E-state index >= 15 is 0 Å². The molecule has 0 aliphatic carbocycles. The van der Waals surface area contributed by atoms with Crippen molar-refractivity contribution in [1.82, 2.24) is 9.97 Å². The average Bonchev–Trinajstić information content (AvgIpc) is 2.84. The number of nitrogens with one attached hydrogen (secondary N) is 1. The molecule has 0 radical (unpaired) electrons. The fourth-order valence-corrected chi connectivity index (χ4v) is 1.87. The normalized spacial score (nSPS) is 11.6. The quantitative estimate of drug-likeness (QED) is 0.911. The number of furan rings is 1. The first kappa shape index (κ1) is 13.6. The molecule has 1 N–H and O–H groups in total. The molecule has 0 aliphatic rings. The van der Waals surface area contributed by atoms with Crippen LogP contribution in [0.2, 0.25) is 0 Å². The van der Waals surface area contributed by atoms with E-state index in [-0.39, 0.29) is 5.41 Å². The summed E-state index contributed by atoms with van der Waals surface area (Å²) in [7, 11) is 0. The molecular weight excluding hydrogens is 238 g/mol. The molecule has 0 amide bonds. The van der Waals surface area contributed by atoms with E-state index in [1.54, 1.807) is 12.5 Å². The van der Waals surface area contributed by atoms with Gasteiger partial charge in [-0.05, 0) is 19.9 Å². The Morgan fingerprint density at radius 2 is 2.00 bits per heavy atom. The lowest BCUT2D eigenvalue weighted by Gasteiger charge is -2.20. The van der Waals surface area contributed by atoms with Crippen LogP contribution in [0.15, 0.2) is 23.0 Å². The maximum Gasteiger partial charge on any atom is 0.136 e. The van der Waals surface area contributed by atoms with Crippen LogP contribution in [0.25, 0.3) is 11.3 Å². The predicted molar refractivity (Wildman–Crippen MR) is 77.3 cm³/mol. The van der Waals surface area contributed by atoms with Gasteiger partial charge in [0.05, 0.1) is 18.2 Å². The molecule has 0 saturated carbocycles. The molecule has 0 saturated heterocycles. The Morgan fingerprint density at radius 3 is 2.53 bits per heavy atom. The Balaban J connectivity index is 2.62. The average molecular weight is 259 g/mol. The predicted octanol–water partition coefficient (Wildman–Crippen LogP) is 3.77. The number of hydrogen-bond acceptors (Lipinski definition) is 4. The van der Waals surface area contributed by atoms with Gasteiger partial charge in [-0.25, -0.2) is 9.97 Å². The number of rotatable bonds is 3. The first-order valence-electron chi connectivity index (χ1n) is 6.59. The van der Waals surface area contributed by atoms with E-state index in [9.17, 15) is 0 Å². The van der Waals surface area contributed by atoms with E-state index in [1.807, 2.05) is 13.0 Å². The Bertz CT molecular complexity index is 554. The minimum absolute atomic E-state index is 0.0869. The molecule has 4 heteroatoms. The summed E-state index contributed by atoms with van der Waals surface area (Å²) in [5.41, 5.74) is 2.89. The fraction of sp³-hybridized carbons (Fsp3) is 0.467. The van der Waals surface area contributed by atoms with E-state index < -0.39 is 0 Å². The van der Waals surface area contributed by atoms with Crippen LogP contribution in [0.5, 0.6) is 0 Å². The highest BCUT2D eigenvalue weighted by molar-refractivity contribution is 5.67. The minimum Gasteiger partial charge on any atom is -0.472 e. The van der Waals surface area contributed by atoms with Crippen molar-refractivity contribution in [3.63, 3.8) is 0 Å². The molecule has 0 bridgehead atoms. The van der Waals surface area contributed by atoms with Crippen molar-refractivity contribution in [3.05, 3.63) is 30.0 Å². The zero-order valence-corrected chi connectivity index (χ0v) is 12.2. The van der Waals surface area contributed by atoms with E-state index in [4.69, 9.17) is 9.40 Å². The van der Waals surface area contributed by atoms with Crippen LogP contribution >= 0.6 is 0 Å². The second kappa shape index (κ2) is 5.03. The van der Waals surface area contributed by atoms with Crippen LogP contribution in [0.4, 0.5) is 5.82 Å². The monoisotopic (exact) mass is 259 g/mol. The standard InChI is InChI=1S/C15H21N3O/c1-6-16-13-10(2)12(11-7-8-19-9-11)17-14(18-13)15(3,4)5/h7-9H,6H2,1-5H3,(H,16,17,18). The van der Waals surface area contributed by atoms with Gasteiger partial charge in [-0.2, -0.15) is 0 Å². The van der Waals surface area contributed by atoms with Crippen molar-refractivity contribution < 1.29 is 4.42 Å². The topological polar surface area (TPSA) is 51.0 Å². The Kier molecular flexibility index (Phi) is 3.60. The van der Waals surface area contributed by atoms with E-state index in [1.165, 1.54) is 0 Å². The molecule has 0 unspecified atom stereocenters. The molecular formula is C15H21N3O. The van der Waals surface area contributed by atoms with Crippen LogP contribution in [0.3, 0.4) is 0 Å². The lowest BCUT2D eigenvalue weighted by atomic mass is 9.95. The summed E-state index contributed by atoms with van der Waals surface area (Å²) >= 11 is 0. The minimum atomic E-state index is -0.0869. The third-order valence-corrected chi connectivity index (χ3v) is 2.96. The highest BCUT2D eigenvalue weighted by atomic mass is 16.3. The van der Waals surface area contributed by atoms with Crippen molar-refractivity contribution >= 4 is 5.82 Å². The molecule has 2 rings (SSSR count). The molecule has 2 heterocycles. The molecule has 4 nitrogen and oxygen atoms in total. The third-order valence-electron chi connectivity index (χ3n) is 2.96. The molecule has 102 valence electrons. The Hall–Kier alpha value is -1.84. The molecule has 2 aromatic heterocycles. The first-order chi connectivity index (χ1) is 8.93. The molecule has 19 heavy (non-hydrogen) atoms. The summed E-state index contributed by atoms with van der Waals surface area (Å²) in [5.74, 6) is 1.74. The Labute approximate surface area is 114 Å². The van der Waals surface area contributed by atoms with Crippen LogP contribution in [0.1, 0.15) is 39.1 Å². The maximum atomic E-state index is 5.17. The fourth-order valence-electron chi connectivity index (χ4n) is 1.87. The van der Waals surface area contributed by atoms with Gasteiger partial charge in [0.25, 0.3) is 0 Å². The molecule has 2 aromatic rings. The van der Waals surface area contributed by atoms with Gasteiger partial charge in [-0.15, -0.1) is 0 Å². The van der Waals surface area contributed by atoms with Gasteiger partial charge in [0.1, 0.15) is 11.6 Å². The smallest absolute Gasteiger partial charge is 0.136 e. The summed E-state index contributed by atoms with van der Waals surface area (Å²) in [6.07, 6.45) is 3.39. The van der Waals surface area contributed by atoms with E-state index in [2.05, 4.69) is 38.0 Å². The van der Waals surface area contributed by atoms with Crippen molar-refractivity contribution in [2.75, 3.05) is 11.9 Å². The SMILES string of the molecule is CCNc1nc(C(C)(C)C)nc(-c2ccoc2)c1C. The summed E-state index contributed by atoms with van der Waals surface area (Å²) in [6, 6.07) is 1.93. The van der Waals surface area contributed by atoms with Gasteiger partial charge in [-0.1, -0.05) is 20.8 Å². The largest absolute Gasteiger partial charge is 0.472 e. The van der Waals surface area contributed by atoms with Crippen molar-refractivity contribution in [2.24, 2.45) is 0 Å². The van der Waals surface area contributed by atoms with Gasteiger partial charge in [0.2, 0.25) is 0 Å². The van der Waals surface area contributed by atoms with E-state index in [0.717, 1.165) is 35.0 Å². The zero-order chi connectivity index (χ0) is 14.0. The first-order valence-corrected chi connectivity index (χ1v) is 6.59. The van der Waals surface area contributed by atoms with Gasteiger partial charge >= 0.3 is 0 Å². The number of hydrogen-bond donors (Lipinski definition) is 1. The molecule has 0 atom stereocenters. The van der Waals surface area contributed by atoms with Crippen LogP contribution in [-0.4, -0.2) is 16.5 Å². The van der Waals surface area contributed by atoms with Gasteiger partial charge in [0, 0.05) is 23.1 Å². The molecule has 0 aromatic carbocycles. The van der Waals surface area contributed by atoms with Crippen LogP contribution < -0.4 is 5.32 Å². The van der Waals surface area contributed by atoms with Crippen LogP contribution in [-0.2, 0) is 5.41 Å². The molecule has 0 aliphatic heterocycles. The van der Waals surface area contributed by atoms with Gasteiger partial charge < -0.3 is 9.73 Å². The van der Waals surface area contributed by atoms with E-state index in [0.29, 0.717) is 0 Å². The third kappa shape index (κ3) is 2.78. The summed E-state index contributed by atoms with van der Waals surface area (Å²) in [6.45, 7) is 11.3. The lowest BCUT2D eigenvalue weighted by molar-refractivity contribution is 0.545. The summed E-state index contributed by atoms with van der Waals surface area (Å²) in [5, 5.41) is 3.31. The number of aromatic nitrogens is 2. The zero-order valence-electron chi connectivity index (χ0n) is 12.2. The van der Waals surface area contributed by atoms with Gasteiger partial charge in [0.15, 0.2) is 0 Å². The maximum absolute atomic E-state index is 5.17. The molecule has 0 fully saturated rings. The van der Waals surface area contributed by atoms with Gasteiger partial charge in [-0.3, -0.25) is 0 Å². The molecule has 0 spiro atoms. The lowest BCUT2D eigenvalue weighted by Crippen LogP contribution is -2.18. The second-order valence-electron chi connectivity index (χ2n) is 5.66. The van der Waals surface area contributed by atoms with Crippen molar-refractivity contribution in [3.8, 4) is 11.3 Å². The summed E-state index contributed by atoms with van der Waals surface area (Å²) in [4.78, 5) is 9.37. The second-order valence-corrected chi connectivity index (χ2v) is 5.66.